The van der Waals surface area contributed by atoms with Crippen molar-refractivity contribution in [3.05, 3.63) is 47.8 Å². The van der Waals surface area contributed by atoms with Gasteiger partial charge >= 0.3 is 0 Å². The predicted octanol–water partition coefficient (Wildman–Crippen LogP) is 0.910. The second-order valence-electron chi connectivity index (χ2n) is 4.79. The lowest BCUT2D eigenvalue weighted by Gasteiger charge is -2.21. The molecule has 0 saturated heterocycles. The number of nitrogens with one attached hydrogen (secondary N) is 1. The van der Waals surface area contributed by atoms with Crippen LogP contribution in [0.15, 0.2) is 41.4 Å². The topological polar surface area (TPSA) is 92.1 Å². The molecule has 0 bridgehead atoms. The van der Waals surface area contributed by atoms with Crippen LogP contribution in [0.2, 0.25) is 0 Å². The third-order valence-electron chi connectivity index (χ3n) is 3.27. The molecule has 0 aliphatic heterocycles. The molecule has 0 atom stereocenters. The van der Waals surface area contributed by atoms with E-state index in [1.165, 1.54) is 10.5 Å². The summed E-state index contributed by atoms with van der Waals surface area (Å²) < 4.78 is 26.7. The number of rotatable bonds is 7. The van der Waals surface area contributed by atoms with E-state index in [2.05, 4.69) is 10.2 Å². The van der Waals surface area contributed by atoms with Crippen LogP contribution in [0.3, 0.4) is 0 Å². The van der Waals surface area contributed by atoms with Gasteiger partial charge in [-0.25, -0.2) is 8.42 Å². The highest BCUT2D eigenvalue weighted by atomic mass is 32.2. The minimum atomic E-state index is -3.56. The summed E-state index contributed by atoms with van der Waals surface area (Å²) in [6.07, 6.45) is 1.99. The first-order chi connectivity index (χ1) is 10.1. The van der Waals surface area contributed by atoms with Crippen molar-refractivity contribution in [1.82, 2.24) is 14.5 Å². The fourth-order valence-corrected chi connectivity index (χ4v) is 3.71. The van der Waals surface area contributed by atoms with Crippen molar-refractivity contribution < 1.29 is 8.42 Å². The van der Waals surface area contributed by atoms with Crippen LogP contribution in [0.1, 0.15) is 11.3 Å². The summed E-state index contributed by atoms with van der Waals surface area (Å²) in [4.78, 5) is 0.212. The Morgan fingerprint density at radius 2 is 1.95 bits per heavy atom. The number of sulfonamides is 1. The van der Waals surface area contributed by atoms with E-state index >= 15 is 0 Å². The number of benzene rings is 1. The first kappa shape index (κ1) is 15.7. The fourth-order valence-electron chi connectivity index (χ4n) is 2.13. The van der Waals surface area contributed by atoms with Crippen LogP contribution in [0.25, 0.3) is 0 Å². The quantitative estimate of drug-likeness (QED) is 0.795. The van der Waals surface area contributed by atoms with Gasteiger partial charge in [0.25, 0.3) is 0 Å². The third kappa shape index (κ3) is 3.69. The molecular formula is C14H20N4O2S. The van der Waals surface area contributed by atoms with Gasteiger partial charge in [0.15, 0.2) is 0 Å². The number of aromatic nitrogens is 2. The first-order valence-electron chi connectivity index (χ1n) is 6.80. The number of aryl methyl sites for hydroxylation is 1. The number of aromatic amines is 1. The Morgan fingerprint density at radius 3 is 2.52 bits per heavy atom. The lowest BCUT2D eigenvalue weighted by molar-refractivity contribution is 0.421. The summed E-state index contributed by atoms with van der Waals surface area (Å²) in [5, 5.41) is 6.45. The molecule has 3 N–H and O–H groups in total. The number of hydrogen-bond acceptors (Lipinski definition) is 4. The molecule has 0 unspecified atom stereocenters. The molecule has 114 valence electrons. The van der Waals surface area contributed by atoms with Crippen molar-refractivity contribution in [2.24, 2.45) is 5.73 Å². The molecular weight excluding hydrogens is 288 g/mol. The molecule has 0 fully saturated rings. The average Bonchev–Trinajstić information content (AvgIpc) is 2.91. The zero-order chi connectivity index (χ0) is 15.3. The van der Waals surface area contributed by atoms with Crippen molar-refractivity contribution in [2.45, 2.75) is 18.2 Å². The molecule has 0 aliphatic carbocycles. The second-order valence-corrected chi connectivity index (χ2v) is 6.69. The first-order valence-corrected chi connectivity index (χ1v) is 8.24. The summed E-state index contributed by atoms with van der Waals surface area (Å²) in [6.45, 7) is 2.66. The van der Waals surface area contributed by atoms with Gasteiger partial charge in [0.1, 0.15) is 4.90 Å². The van der Waals surface area contributed by atoms with Gasteiger partial charge in [0.05, 0.1) is 11.9 Å². The largest absolute Gasteiger partial charge is 0.329 e. The van der Waals surface area contributed by atoms with E-state index in [1.807, 2.05) is 30.3 Å². The Morgan fingerprint density at radius 1 is 1.24 bits per heavy atom. The molecule has 2 rings (SSSR count). The van der Waals surface area contributed by atoms with Gasteiger partial charge in [0.2, 0.25) is 10.0 Å². The fraction of sp³-hybridized carbons (Fsp3) is 0.357. The van der Waals surface area contributed by atoms with Crippen molar-refractivity contribution in [1.29, 1.82) is 0 Å². The molecule has 1 aromatic heterocycles. The molecule has 21 heavy (non-hydrogen) atoms. The zero-order valence-corrected chi connectivity index (χ0v) is 12.8. The molecule has 2 aromatic rings. The van der Waals surface area contributed by atoms with Gasteiger partial charge in [-0.3, -0.25) is 5.10 Å². The summed E-state index contributed by atoms with van der Waals surface area (Å²) in [6, 6.07) is 9.79. The minimum Gasteiger partial charge on any atom is -0.329 e. The van der Waals surface area contributed by atoms with E-state index in [0.29, 0.717) is 25.2 Å². The van der Waals surface area contributed by atoms with Gasteiger partial charge in [-0.15, -0.1) is 0 Å². The van der Waals surface area contributed by atoms with E-state index in [0.717, 1.165) is 5.56 Å². The van der Waals surface area contributed by atoms with Crippen molar-refractivity contribution in [3.63, 3.8) is 0 Å². The Bertz CT molecular complexity index is 667. The van der Waals surface area contributed by atoms with E-state index in [-0.39, 0.29) is 11.4 Å². The lowest BCUT2D eigenvalue weighted by atomic mass is 10.1. The maximum Gasteiger partial charge on any atom is 0.246 e. The summed E-state index contributed by atoms with van der Waals surface area (Å²) in [7, 11) is -3.56. The second kappa shape index (κ2) is 6.84. The normalized spacial score (nSPS) is 12.0. The molecule has 0 amide bonds. The van der Waals surface area contributed by atoms with Crippen LogP contribution in [0, 0.1) is 6.92 Å². The van der Waals surface area contributed by atoms with E-state index in [1.54, 1.807) is 6.92 Å². The van der Waals surface area contributed by atoms with Crippen LogP contribution < -0.4 is 5.73 Å². The molecule has 1 aromatic carbocycles. The highest BCUT2D eigenvalue weighted by molar-refractivity contribution is 7.89. The van der Waals surface area contributed by atoms with Gasteiger partial charge in [-0.05, 0) is 18.9 Å². The van der Waals surface area contributed by atoms with Crippen LogP contribution in [0.4, 0.5) is 0 Å². The maximum atomic E-state index is 12.6. The summed E-state index contributed by atoms with van der Waals surface area (Å²) in [5.74, 6) is 0. The smallest absolute Gasteiger partial charge is 0.246 e. The van der Waals surface area contributed by atoms with Crippen LogP contribution in [-0.2, 0) is 16.4 Å². The van der Waals surface area contributed by atoms with Crippen molar-refractivity contribution >= 4 is 10.0 Å². The van der Waals surface area contributed by atoms with Crippen LogP contribution in [0.5, 0.6) is 0 Å². The molecule has 0 radical (unpaired) electrons. The number of H-pyrrole nitrogens is 1. The zero-order valence-electron chi connectivity index (χ0n) is 12.0. The Kier molecular flexibility index (Phi) is 5.11. The number of nitrogens with zero attached hydrogens (tertiary/aromatic N) is 2. The van der Waals surface area contributed by atoms with Gasteiger partial charge in [-0.2, -0.15) is 9.40 Å². The molecule has 1 heterocycles. The average molecular weight is 308 g/mol. The van der Waals surface area contributed by atoms with Gasteiger partial charge in [0, 0.05) is 19.6 Å². The maximum absolute atomic E-state index is 12.6. The Hall–Kier alpha value is -1.70. The molecule has 0 spiro atoms. The van der Waals surface area contributed by atoms with E-state index in [9.17, 15) is 8.42 Å². The number of hydrogen-bond donors (Lipinski definition) is 2. The third-order valence-corrected chi connectivity index (χ3v) is 5.29. The van der Waals surface area contributed by atoms with Crippen molar-refractivity contribution in [2.75, 3.05) is 19.6 Å². The summed E-state index contributed by atoms with van der Waals surface area (Å²) in [5.41, 5.74) is 7.19. The van der Waals surface area contributed by atoms with Gasteiger partial charge < -0.3 is 5.73 Å². The SMILES string of the molecule is Cc1[nH]ncc1S(=O)(=O)N(CCN)CCc1ccccc1. The van der Waals surface area contributed by atoms with Crippen molar-refractivity contribution in [3.8, 4) is 0 Å². The monoisotopic (exact) mass is 308 g/mol. The molecule has 0 saturated carbocycles. The minimum absolute atomic E-state index is 0.212. The predicted molar refractivity (Wildman–Crippen MR) is 81.3 cm³/mol. The highest BCUT2D eigenvalue weighted by Crippen LogP contribution is 2.17. The highest BCUT2D eigenvalue weighted by Gasteiger charge is 2.26. The Labute approximate surface area is 125 Å². The standard InChI is InChI=1S/C14H20N4O2S/c1-12-14(11-16-17-12)21(19,20)18(10-8-15)9-7-13-5-3-2-4-6-13/h2-6,11H,7-10,15H2,1H3,(H,16,17). The summed E-state index contributed by atoms with van der Waals surface area (Å²) >= 11 is 0. The molecule has 6 nitrogen and oxygen atoms in total. The van der Waals surface area contributed by atoms with Crippen LogP contribution in [-0.4, -0.2) is 42.6 Å². The van der Waals surface area contributed by atoms with Gasteiger partial charge in [-0.1, -0.05) is 30.3 Å². The Balaban J connectivity index is 2.17. The lowest BCUT2D eigenvalue weighted by Crippen LogP contribution is -2.37. The molecule has 0 aliphatic rings. The van der Waals surface area contributed by atoms with Crippen LogP contribution >= 0.6 is 0 Å². The van der Waals surface area contributed by atoms with E-state index in [4.69, 9.17) is 5.73 Å². The number of nitrogens with two attached hydrogens (primary N) is 1. The molecule has 7 heteroatoms. The van der Waals surface area contributed by atoms with E-state index < -0.39 is 10.0 Å².